The molecule has 2 aromatic carbocycles. The summed E-state index contributed by atoms with van der Waals surface area (Å²) >= 11 is 0. The zero-order chi connectivity index (χ0) is 17.3. The van der Waals surface area contributed by atoms with Crippen molar-refractivity contribution in [1.29, 1.82) is 0 Å². The molecule has 2 N–H and O–H groups in total. The van der Waals surface area contributed by atoms with E-state index in [1.54, 1.807) is 12.1 Å². The molecule has 0 fully saturated rings. The Kier molecular flexibility index (Phi) is 4.00. The minimum atomic E-state index is -3.81. The first-order valence-electron chi connectivity index (χ1n) is 6.84. The van der Waals surface area contributed by atoms with Crippen molar-refractivity contribution >= 4 is 10.0 Å². The van der Waals surface area contributed by atoms with Crippen LogP contribution in [0.25, 0.3) is 16.9 Å². The number of aromatic nitrogens is 2. The van der Waals surface area contributed by atoms with Gasteiger partial charge in [-0.3, -0.25) is 4.79 Å². The molecule has 0 spiro atoms. The number of benzene rings is 2. The number of primary sulfonamides is 1. The van der Waals surface area contributed by atoms with E-state index in [1.807, 2.05) is 0 Å². The number of halogens is 1. The van der Waals surface area contributed by atoms with E-state index >= 15 is 0 Å². The molecule has 0 bridgehead atoms. The van der Waals surface area contributed by atoms with Crippen molar-refractivity contribution in [3.05, 3.63) is 76.8 Å². The maximum Gasteiger partial charge on any atom is 0.271 e. The molecule has 0 saturated carbocycles. The smallest absolute Gasteiger partial charge is 0.267 e. The van der Waals surface area contributed by atoms with Gasteiger partial charge in [0.05, 0.1) is 16.3 Å². The molecular weight excluding hydrogens is 333 g/mol. The van der Waals surface area contributed by atoms with Gasteiger partial charge in [-0.2, -0.15) is 9.78 Å². The van der Waals surface area contributed by atoms with E-state index in [2.05, 4.69) is 5.10 Å². The van der Waals surface area contributed by atoms with Gasteiger partial charge in [0, 0.05) is 11.6 Å². The first-order valence-corrected chi connectivity index (χ1v) is 8.39. The summed E-state index contributed by atoms with van der Waals surface area (Å²) in [6.07, 6.45) is 0. The van der Waals surface area contributed by atoms with Crippen LogP contribution in [0.2, 0.25) is 0 Å². The van der Waals surface area contributed by atoms with E-state index in [4.69, 9.17) is 5.14 Å². The lowest BCUT2D eigenvalue weighted by Crippen LogP contribution is -2.20. The van der Waals surface area contributed by atoms with Gasteiger partial charge < -0.3 is 0 Å². The van der Waals surface area contributed by atoms with Crippen LogP contribution in [-0.2, 0) is 10.0 Å². The number of hydrogen-bond acceptors (Lipinski definition) is 4. The third-order valence-electron chi connectivity index (χ3n) is 3.35. The third kappa shape index (κ3) is 3.24. The van der Waals surface area contributed by atoms with Gasteiger partial charge in [-0.05, 0) is 54.6 Å². The molecule has 0 amide bonds. The molecule has 0 aliphatic carbocycles. The molecular formula is C16H12FN3O3S. The molecule has 6 nitrogen and oxygen atoms in total. The lowest BCUT2D eigenvalue weighted by Gasteiger charge is -2.08. The van der Waals surface area contributed by atoms with Crippen molar-refractivity contribution in [2.75, 3.05) is 0 Å². The molecule has 122 valence electrons. The summed E-state index contributed by atoms with van der Waals surface area (Å²) in [5.41, 5.74) is 1.12. The number of nitrogens with two attached hydrogens (primary N) is 1. The highest BCUT2D eigenvalue weighted by atomic mass is 32.2. The number of rotatable bonds is 3. The molecule has 3 aromatic rings. The van der Waals surface area contributed by atoms with Crippen LogP contribution in [-0.4, -0.2) is 18.2 Å². The summed E-state index contributed by atoms with van der Waals surface area (Å²) in [4.78, 5) is 12.0. The molecule has 8 heteroatoms. The molecule has 0 saturated heterocycles. The minimum Gasteiger partial charge on any atom is -0.267 e. The Bertz CT molecular complexity index is 1040. The number of hydrogen-bond donors (Lipinski definition) is 1. The van der Waals surface area contributed by atoms with E-state index in [0.717, 1.165) is 4.68 Å². The third-order valence-corrected chi connectivity index (χ3v) is 4.28. The van der Waals surface area contributed by atoms with Gasteiger partial charge in [-0.25, -0.2) is 17.9 Å². The zero-order valence-corrected chi connectivity index (χ0v) is 13.1. The Labute approximate surface area is 137 Å². The Morgan fingerprint density at radius 1 is 0.917 bits per heavy atom. The van der Waals surface area contributed by atoms with Crippen LogP contribution in [0.3, 0.4) is 0 Å². The Hall–Kier alpha value is -2.84. The van der Waals surface area contributed by atoms with E-state index in [0.29, 0.717) is 16.9 Å². The van der Waals surface area contributed by atoms with E-state index < -0.39 is 10.0 Å². The van der Waals surface area contributed by atoms with Crippen molar-refractivity contribution in [3.63, 3.8) is 0 Å². The SMILES string of the molecule is NS(=O)(=O)c1ccc(-n2nc(-c3ccc(F)cc3)ccc2=O)cc1. The first kappa shape index (κ1) is 16.0. The molecule has 3 rings (SSSR count). The van der Waals surface area contributed by atoms with E-state index in [1.165, 1.54) is 48.5 Å². The molecule has 1 heterocycles. The lowest BCUT2D eigenvalue weighted by atomic mass is 10.1. The van der Waals surface area contributed by atoms with Gasteiger partial charge in [0.25, 0.3) is 5.56 Å². The van der Waals surface area contributed by atoms with Gasteiger partial charge in [0.15, 0.2) is 0 Å². The molecule has 1 aromatic heterocycles. The highest BCUT2D eigenvalue weighted by Gasteiger charge is 2.09. The van der Waals surface area contributed by atoms with Gasteiger partial charge >= 0.3 is 0 Å². The topological polar surface area (TPSA) is 95.1 Å². The van der Waals surface area contributed by atoms with Crippen LogP contribution < -0.4 is 10.7 Å². The predicted octanol–water partition coefficient (Wildman–Crippen LogP) is 1.69. The van der Waals surface area contributed by atoms with Gasteiger partial charge in [-0.1, -0.05) is 0 Å². The monoisotopic (exact) mass is 345 g/mol. The summed E-state index contributed by atoms with van der Waals surface area (Å²) in [6.45, 7) is 0. The Morgan fingerprint density at radius 3 is 2.12 bits per heavy atom. The summed E-state index contributed by atoms with van der Waals surface area (Å²) < 4.78 is 36.7. The summed E-state index contributed by atoms with van der Waals surface area (Å²) in [5.74, 6) is -0.370. The van der Waals surface area contributed by atoms with Crippen LogP contribution in [0.4, 0.5) is 4.39 Å². The summed E-state index contributed by atoms with van der Waals surface area (Å²) in [7, 11) is -3.81. The average Bonchev–Trinajstić information content (AvgIpc) is 2.55. The maximum atomic E-state index is 13.0. The molecule has 0 aliphatic heterocycles. The van der Waals surface area contributed by atoms with E-state index in [9.17, 15) is 17.6 Å². The molecule has 0 radical (unpaired) electrons. The molecule has 0 unspecified atom stereocenters. The lowest BCUT2D eigenvalue weighted by molar-refractivity contribution is 0.597. The Morgan fingerprint density at radius 2 is 1.54 bits per heavy atom. The van der Waals surface area contributed by atoms with Gasteiger partial charge in [-0.15, -0.1) is 0 Å². The zero-order valence-electron chi connectivity index (χ0n) is 12.3. The maximum absolute atomic E-state index is 13.0. The van der Waals surface area contributed by atoms with Crippen LogP contribution in [0.1, 0.15) is 0 Å². The van der Waals surface area contributed by atoms with Crippen molar-refractivity contribution in [3.8, 4) is 16.9 Å². The van der Waals surface area contributed by atoms with Gasteiger partial charge in [0.2, 0.25) is 10.0 Å². The van der Waals surface area contributed by atoms with Crippen LogP contribution >= 0.6 is 0 Å². The number of sulfonamides is 1. The van der Waals surface area contributed by atoms with Crippen molar-refractivity contribution < 1.29 is 12.8 Å². The fraction of sp³-hybridized carbons (Fsp3) is 0. The highest BCUT2D eigenvalue weighted by Crippen LogP contribution is 2.17. The minimum absolute atomic E-state index is 0.0611. The van der Waals surface area contributed by atoms with Crippen molar-refractivity contribution in [1.82, 2.24) is 9.78 Å². The second-order valence-corrected chi connectivity index (χ2v) is 6.58. The Balaban J connectivity index is 2.06. The fourth-order valence-electron chi connectivity index (χ4n) is 2.15. The van der Waals surface area contributed by atoms with Crippen LogP contribution in [0, 0.1) is 5.82 Å². The van der Waals surface area contributed by atoms with Crippen molar-refractivity contribution in [2.45, 2.75) is 4.90 Å². The molecule has 0 atom stereocenters. The molecule has 24 heavy (non-hydrogen) atoms. The van der Waals surface area contributed by atoms with Crippen LogP contribution in [0.5, 0.6) is 0 Å². The first-order chi connectivity index (χ1) is 11.3. The second kappa shape index (κ2) is 5.99. The standard InChI is InChI=1S/C16H12FN3O3S/c17-12-3-1-11(2-4-12)15-9-10-16(21)20(19-15)13-5-7-14(8-6-13)24(18,22)23/h1-10H,(H2,18,22,23). The number of nitrogens with zero attached hydrogens (tertiary/aromatic N) is 2. The summed E-state index contributed by atoms with van der Waals surface area (Å²) in [5, 5.41) is 9.28. The highest BCUT2D eigenvalue weighted by molar-refractivity contribution is 7.89. The van der Waals surface area contributed by atoms with E-state index in [-0.39, 0.29) is 16.3 Å². The molecule has 0 aliphatic rings. The van der Waals surface area contributed by atoms with Gasteiger partial charge in [0.1, 0.15) is 5.82 Å². The normalized spacial score (nSPS) is 11.4. The second-order valence-electron chi connectivity index (χ2n) is 5.01. The fourth-order valence-corrected chi connectivity index (χ4v) is 2.66. The average molecular weight is 345 g/mol. The quantitative estimate of drug-likeness (QED) is 0.781. The summed E-state index contributed by atoms with van der Waals surface area (Å²) in [6, 6.07) is 14.0. The van der Waals surface area contributed by atoms with Crippen LogP contribution in [0.15, 0.2) is 70.4 Å². The van der Waals surface area contributed by atoms with Crippen molar-refractivity contribution in [2.24, 2.45) is 5.14 Å². The largest absolute Gasteiger partial charge is 0.271 e. The predicted molar refractivity (Wildman–Crippen MR) is 86.6 cm³/mol.